The molecule has 96 valence electrons. The summed E-state index contributed by atoms with van der Waals surface area (Å²) in [6.45, 7) is 3.83. The maximum Gasteiger partial charge on any atom is 0.223 e. The Morgan fingerprint density at radius 2 is 2.24 bits per heavy atom. The predicted molar refractivity (Wildman–Crippen MR) is 76.9 cm³/mol. The van der Waals surface area contributed by atoms with Crippen molar-refractivity contribution in [3.05, 3.63) is 6.07 Å². The maximum atomic E-state index is 5.69. The molecule has 1 aromatic rings. The fraction of sp³-hybridized carbons (Fsp3) is 0.636. The molecule has 0 fully saturated rings. The molecule has 0 radical (unpaired) electrons. The van der Waals surface area contributed by atoms with Gasteiger partial charge in [0.2, 0.25) is 5.95 Å². The molecule has 0 saturated carbocycles. The molecule has 0 unspecified atom stereocenters. The van der Waals surface area contributed by atoms with Crippen LogP contribution in [0.3, 0.4) is 0 Å². The molecule has 1 aromatic heterocycles. The number of hydrogen-bond acceptors (Lipinski definition) is 6. The van der Waals surface area contributed by atoms with E-state index >= 15 is 0 Å². The summed E-state index contributed by atoms with van der Waals surface area (Å²) in [4.78, 5) is 10.5. The van der Waals surface area contributed by atoms with Crippen LogP contribution in [0.4, 0.5) is 17.6 Å². The lowest BCUT2D eigenvalue weighted by Crippen LogP contribution is -2.21. The molecular weight excluding hydrogens is 234 g/mol. The van der Waals surface area contributed by atoms with Gasteiger partial charge in [-0.05, 0) is 25.4 Å². The van der Waals surface area contributed by atoms with E-state index < -0.39 is 0 Å². The highest BCUT2D eigenvalue weighted by Crippen LogP contribution is 2.16. The predicted octanol–water partition coefficient (Wildman–Crippen LogP) is 1.68. The number of hydrogen-bond donors (Lipinski definition) is 2. The van der Waals surface area contributed by atoms with Crippen molar-refractivity contribution in [3.8, 4) is 0 Å². The molecule has 17 heavy (non-hydrogen) atoms. The van der Waals surface area contributed by atoms with E-state index in [4.69, 9.17) is 5.73 Å². The Bertz CT molecular complexity index is 345. The van der Waals surface area contributed by atoms with Crippen molar-refractivity contribution in [3.63, 3.8) is 0 Å². The van der Waals surface area contributed by atoms with Crippen LogP contribution in [0.1, 0.15) is 13.3 Å². The van der Waals surface area contributed by atoms with Gasteiger partial charge < -0.3 is 16.0 Å². The number of nitrogens with zero attached hydrogens (tertiary/aromatic N) is 3. The van der Waals surface area contributed by atoms with Crippen LogP contribution < -0.4 is 16.0 Å². The van der Waals surface area contributed by atoms with E-state index in [-0.39, 0.29) is 0 Å². The topological polar surface area (TPSA) is 67.1 Å². The molecule has 0 aliphatic rings. The molecule has 6 heteroatoms. The minimum Gasteiger partial charge on any atom is -0.370 e. The molecule has 0 bridgehead atoms. The summed E-state index contributed by atoms with van der Waals surface area (Å²) in [7, 11) is 2.03. The third-order valence-electron chi connectivity index (χ3n) is 2.32. The second-order valence-corrected chi connectivity index (χ2v) is 4.75. The van der Waals surface area contributed by atoms with Crippen molar-refractivity contribution in [1.82, 2.24) is 9.97 Å². The van der Waals surface area contributed by atoms with Crippen LogP contribution in [0, 0.1) is 0 Å². The molecular formula is C11H21N5S. The Labute approximate surface area is 107 Å². The summed E-state index contributed by atoms with van der Waals surface area (Å²) in [6.07, 6.45) is 3.25. The summed E-state index contributed by atoms with van der Waals surface area (Å²) in [5.74, 6) is 3.13. The number of thioether (sulfide) groups is 1. The summed E-state index contributed by atoms with van der Waals surface area (Å²) in [5, 5.41) is 3.15. The van der Waals surface area contributed by atoms with Gasteiger partial charge in [-0.25, -0.2) is 0 Å². The monoisotopic (exact) mass is 255 g/mol. The van der Waals surface area contributed by atoms with Crippen molar-refractivity contribution >= 4 is 29.3 Å². The van der Waals surface area contributed by atoms with E-state index in [0.29, 0.717) is 5.95 Å². The molecule has 0 aliphatic carbocycles. The van der Waals surface area contributed by atoms with E-state index in [9.17, 15) is 0 Å². The molecule has 0 aromatic carbocycles. The highest BCUT2D eigenvalue weighted by molar-refractivity contribution is 7.98. The van der Waals surface area contributed by atoms with Gasteiger partial charge in [-0.15, -0.1) is 0 Å². The Hall–Kier alpha value is -1.17. The summed E-state index contributed by atoms with van der Waals surface area (Å²) >= 11 is 1.86. The van der Waals surface area contributed by atoms with Gasteiger partial charge in [-0.1, -0.05) is 0 Å². The molecule has 5 nitrogen and oxygen atoms in total. The first-order valence-corrected chi connectivity index (χ1v) is 7.15. The number of nitrogen functional groups attached to an aromatic ring is 1. The van der Waals surface area contributed by atoms with Crippen LogP contribution in [0.2, 0.25) is 0 Å². The Morgan fingerprint density at radius 3 is 2.88 bits per heavy atom. The van der Waals surface area contributed by atoms with Crippen molar-refractivity contribution in [2.75, 3.05) is 48.1 Å². The molecule has 0 amide bonds. The number of nitrogens with one attached hydrogen (secondary N) is 1. The molecule has 0 saturated heterocycles. The fourth-order valence-corrected chi connectivity index (χ4v) is 1.90. The minimum atomic E-state index is 0.315. The third kappa shape index (κ3) is 4.68. The van der Waals surface area contributed by atoms with E-state index in [1.54, 1.807) is 0 Å². The van der Waals surface area contributed by atoms with E-state index in [1.807, 2.05) is 31.8 Å². The molecule has 3 N–H and O–H groups in total. The molecule has 1 heterocycles. The molecule has 0 atom stereocenters. The highest BCUT2D eigenvalue weighted by Gasteiger charge is 2.06. The number of anilines is 3. The van der Waals surface area contributed by atoms with Crippen LogP contribution in [-0.2, 0) is 0 Å². The smallest absolute Gasteiger partial charge is 0.223 e. The maximum absolute atomic E-state index is 5.69. The first-order valence-electron chi connectivity index (χ1n) is 5.76. The summed E-state index contributed by atoms with van der Waals surface area (Å²) < 4.78 is 0. The SMILES string of the molecule is CCNc1cc(N(C)CCCSC)nc(N)n1. The average Bonchev–Trinajstić information content (AvgIpc) is 2.29. The van der Waals surface area contributed by atoms with Crippen molar-refractivity contribution in [1.29, 1.82) is 0 Å². The van der Waals surface area contributed by atoms with Crippen molar-refractivity contribution < 1.29 is 0 Å². The van der Waals surface area contributed by atoms with Gasteiger partial charge >= 0.3 is 0 Å². The van der Waals surface area contributed by atoms with Gasteiger partial charge in [0.15, 0.2) is 0 Å². The first-order chi connectivity index (χ1) is 8.17. The zero-order valence-electron chi connectivity index (χ0n) is 10.7. The van der Waals surface area contributed by atoms with Crippen LogP contribution in [0.15, 0.2) is 6.07 Å². The second-order valence-electron chi connectivity index (χ2n) is 3.77. The largest absolute Gasteiger partial charge is 0.370 e. The van der Waals surface area contributed by atoms with E-state index in [1.165, 1.54) is 0 Å². The number of nitrogens with two attached hydrogens (primary N) is 1. The van der Waals surface area contributed by atoms with Crippen LogP contribution in [0.25, 0.3) is 0 Å². The third-order valence-corrected chi connectivity index (χ3v) is 3.02. The molecule has 1 rings (SSSR count). The first kappa shape index (κ1) is 13.9. The molecule has 0 spiro atoms. The quantitative estimate of drug-likeness (QED) is 0.723. The second kappa shape index (κ2) is 7.21. The average molecular weight is 255 g/mol. The zero-order chi connectivity index (χ0) is 12.7. The van der Waals surface area contributed by atoms with Crippen molar-refractivity contribution in [2.45, 2.75) is 13.3 Å². The van der Waals surface area contributed by atoms with Crippen LogP contribution >= 0.6 is 11.8 Å². The number of aromatic nitrogens is 2. The molecule has 0 aliphatic heterocycles. The van der Waals surface area contributed by atoms with Gasteiger partial charge in [0.05, 0.1) is 0 Å². The van der Waals surface area contributed by atoms with Gasteiger partial charge in [0.1, 0.15) is 11.6 Å². The van der Waals surface area contributed by atoms with E-state index in [2.05, 4.69) is 26.4 Å². The van der Waals surface area contributed by atoms with E-state index in [0.717, 1.165) is 36.9 Å². The van der Waals surface area contributed by atoms with Gasteiger partial charge in [0.25, 0.3) is 0 Å². The standard InChI is InChI=1S/C11H21N5S/c1-4-13-9-8-10(15-11(12)14-9)16(2)6-5-7-17-3/h8H,4-7H2,1-3H3,(H3,12,13,14,15). The Balaban J connectivity index is 2.67. The number of rotatable bonds is 7. The van der Waals surface area contributed by atoms with Gasteiger partial charge in [-0.2, -0.15) is 21.7 Å². The van der Waals surface area contributed by atoms with Crippen LogP contribution in [-0.4, -0.2) is 42.1 Å². The lowest BCUT2D eigenvalue weighted by molar-refractivity contribution is 0.843. The zero-order valence-corrected chi connectivity index (χ0v) is 11.5. The van der Waals surface area contributed by atoms with Crippen LogP contribution in [0.5, 0.6) is 0 Å². The van der Waals surface area contributed by atoms with Crippen molar-refractivity contribution in [2.24, 2.45) is 0 Å². The highest BCUT2D eigenvalue weighted by atomic mass is 32.2. The summed E-state index contributed by atoms with van der Waals surface area (Å²) in [6, 6.07) is 1.93. The van der Waals surface area contributed by atoms with Gasteiger partial charge in [0, 0.05) is 26.2 Å². The minimum absolute atomic E-state index is 0.315. The Morgan fingerprint density at radius 1 is 1.47 bits per heavy atom. The fourth-order valence-electron chi connectivity index (χ4n) is 1.48. The van der Waals surface area contributed by atoms with Gasteiger partial charge in [-0.3, -0.25) is 0 Å². The Kier molecular flexibility index (Phi) is 5.90. The lowest BCUT2D eigenvalue weighted by Gasteiger charge is -2.18. The normalized spacial score (nSPS) is 10.3. The summed E-state index contributed by atoms with van der Waals surface area (Å²) in [5.41, 5.74) is 5.69. The lowest BCUT2D eigenvalue weighted by atomic mass is 10.4.